The van der Waals surface area contributed by atoms with E-state index in [0.717, 1.165) is 33.7 Å². The zero-order valence-electron chi connectivity index (χ0n) is 17.4. The van der Waals surface area contributed by atoms with Crippen molar-refractivity contribution in [2.24, 2.45) is 5.10 Å². The monoisotopic (exact) mass is 398 g/mol. The first-order valence-electron chi connectivity index (χ1n) is 10.7. The lowest BCUT2D eigenvalue weighted by atomic mass is 10.00. The molecule has 1 aliphatic rings. The van der Waals surface area contributed by atoms with E-state index in [9.17, 15) is 0 Å². The maximum Gasteiger partial charge on any atom is 0.156 e. The van der Waals surface area contributed by atoms with Crippen molar-refractivity contribution in [3.8, 4) is 17.1 Å². The Hall–Kier alpha value is -3.34. The van der Waals surface area contributed by atoms with Gasteiger partial charge in [-0.1, -0.05) is 36.4 Å². The Balaban J connectivity index is 1.57. The van der Waals surface area contributed by atoms with Crippen molar-refractivity contribution < 1.29 is 4.42 Å². The number of nitrogens with zero attached hydrogens (tertiary/aromatic N) is 4. The molecular weight excluding hydrogens is 372 g/mol. The van der Waals surface area contributed by atoms with Crippen LogP contribution >= 0.6 is 0 Å². The smallest absolute Gasteiger partial charge is 0.156 e. The van der Waals surface area contributed by atoms with Crippen LogP contribution in [0, 0.1) is 0 Å². The van der Waals surface area contributed by atoms with Gasteiger partial charge in [0.05, 0.1) is 11.9 Å². The average molecular weight is 399 g/mol. The van der Waals surface area contributed by atoms with Crippen LogP contribution in [0.5, 0.6) is 0 Å². The number of benzene rings is 2. The maximum atomic E-state index is 6.13. The Labute approximate surface area is 176 Å². The highest BCUT2D eigenvalue weighted by Crippen LogP contribution is 2.30. The zero-order chi connectivity index (χ0) is 20.5. The average Bonchev–Trinajstić information content (AvgIpc) is 3.38. The molecular formula is C25H26N4O. The van der Waals surface area contributed by atoms with Gasteiger partial charge in [0.1, 0.15) is 11.3 Å². The molecule has 0 bridgehead atoms. The lowest BCUT2D eigenvalue weighted by Crippen LogP contribution is -2.39. The summed E-state index contributed by atoms with van der Waals surface area (Å²) >= 11 is 0. The molecule has 0 radical (unpaired) electrons. The fourth-order valence-corrected chi connectivity index (χ4v) is 4.25. The fourth-order valence-electron chi connectivity index (χ4n) is 4.25. The molecule has 4 aromatic rings. The molecule has 0 N–H and O–H groups in total. The number of fused-ring (bicyclic) bond motifs is 1. The van der Waals surface area contributed by atoms with Crippen LogP contribution in [-0.2, 0) is 0 Å². The van der Waals surface area contributed by atoms with Gasteiger partial charge in [-0.2, -0.15) is 10.2 Å². The summed E-state index contributed by atoms with van der Waals surface area (Å²) in [5.41, 5.74) is 3.62. The molecule has 30 heavy (non-hydrogen) atoms. The van der Waals surface area contributed by atoms with Gasteiger partial charge in [0.2, 0.25) is 0 Å². The summed E-state index contributed by atoms with van der Waals surface area (Å²) in [7, 11) is 0. The van der Waals surface area contributed by atoms with Crippen LogP contribution in [0.4, 0.5) is 0 Å². The molecule has 2 aromatic carbocycles. The van der Waals surface area contributed by atoms with Gasteiger partial charge in [-0.15, -0.1) is 0 Å². The van der Waals surface area contributed by atoms with Crippen LogP contribution in [0.3, 0.4) is 0 Å². The van der Waals surface area contributed by atoms with Crippen LogP contribution < -0.4 is 0 Å². The lowest BCUT2D eigenvalue weighted by molar-refractivity contribution is 0.109. The minimum atomic E-state index is 0.448. The number of para-hydroxylation sites is 2. The van der Waals surface area contributed by atoms with Crippen LogP contribution in [0.15, 0.2) is 76.4 Å². The third-order valence-corrected chi connectivity index (χ3v) is 5.90. The van der Waals surface area contributed by atoms with Gasteiger partial charge in [0.25, 0.3) is 0 Å². The summed E-state index contributed by atoms with van der Waals surface area (Å²) in [6.45, 7) is 4.50. The number of hydrazone groups is 1. The standard InChI is InChI=1S/C25H26N4O/c1-18-9-8-10-19(2)29(18)26-16-21-17-28(22-12-4-3-5-13-22)27-25(21)24-15-20-11-6-7-14-23(20)30-24/h3-7,11-19H,8-10H2,1-2H3. The molecule has 0 spiro atoms. The number of hydrogen-bond acceptors (Lipinski definition) is 4. The predicted octanol–water partition coefficient (Wildman–Crippen LogP) is 5.88. The molecule has 1 aliphatic heterocycles. The molecule has 1 saturated heterocycles. The normalized spacial score (nSPS) is 19.7. The molecule has 0 amide bonds. The van der Waals surface area contributed by atoms with E-state index in [1.807, 2.05) is 65.6 Å². The van der Waals surface area contributed by atoms with E-state index >= 15 is 0 Å². The Morgan fingerprint density at radius 3 is 2.50 bits per heavy atom. The van der Waals surface area contributed by atoms with Crippen molar-refractivity contribution in [1.29, 1.82) is 0 Å². The number of piperidine rings is 1. The van der Waals surface area contributed by atoms with Crippen molar-refractivity contribution in [2.45, 2.75) is 45.2 Å². The molecule has 1 fully saturated rings. The SMILES string of the molecule is CC1CCCC(C)N1N=Cc1cn(-c2ccccc2)nc1-c1cc2ccccc2o1. The number of rotatable bonds is 4. The van der Waals surface area contributed by atoms with Crippen molar-refractivity contribution in [2.75, 3.05) is 0 Å². The molecule has 2 atom stereocenters. The summed E-state index contributed by atoms with van der Waals surface area (Å²) in [6.07, 6.45) is 7.60. The van der Waals surface area contributed by atoms with E-state index in [1.165, 1.54) is 19.3 Å². The van der Waals surface area contributed by atoms with Crippen LogP contribution in [0.25, 0.3) is 28.1 Å². The van der Waals surface area contributed by atoms with Crippen LogP contribution in [-0.4, -0.2) is 33.1 Å². The maximum absolute atomic E-state index is 6.13. The topological polar surface area (TPSA) is 46.6 Å². The second-order valence-electron chi connectivity index (χ2n) is 8.12. The van der Waals surface area contributed by atoms with Gasteiger partial charge in [-0.05, 0) is 57.4 Å². The summed E-state index contributed by atoms with van der Waals surface area (Å²) in [5, 5.41) is 13.0. The summed E-state index contributed by atoms with van der Waals surface area (Å²) in [4.78, 5) is 0. The highest BCUT2D eigenvalue weighted by atomic mass is 16.3. The van der Waals surface area contributed by atoms with E-state index in [0.29, 0.717) is 12.1 Å². The van der Waals surface area contributed by atoms with Crippen molar-refractivity contribution >= 4 is 17.2 Å². The van der Waals surface area contributed by atoms with Gasteiger partial charge < -0.3 is 4.42 Å². The van der Waals surface area contributed by atoms with Gasteiger partial charge in [0.15, 0.2) is 5.76 Å². The summed E-state index contributed by atoms with van der Waals surface area (Å²) < 4.78 is 8.02. The third kappa shape index (κ3) is 3.52. The van der Waals surface area contributed by atoms with E-state index < -0.39 is 0 Å². The highest BCUT2D eigenvalue weighted by Gasteiger charge is 2.23. The highest BCUT2D eigenvalue weighted by molar-refractivity contribution is 5.90. The first kappa shape index (κ1) is 18.7. The quantitative estimate of drug-likeness (QED) is 0.403. The molecule has 5 heteroatoms. The molecule has 3 heterocycles. The summed E-state index contributed by atoms with van der Waals surface area (Å²) in [5.74, 6) is 0.757. The van der Waals surface area contributed by atoms with Crippen molar-refractivity contribution in [1.82, 2.24) is 14.8 Å². The second kappa shape index (κ2) is 7.82. The lowest BCUT2D eigenvalue weighted by Gasteiger charge is -2.36. The van der Waals surface area contributed by atoms with Gasteiger partial charge in [-0.25, -0.2) is 4.68 Å². The largest absolute Gasteiger partial charge is 0.454 e. The van der Waals surface area contributed by atoms with Gasteiger partial charge >= 0.3 is 0 Å². The first-order chi connectivity index (χ1) is 14.7. The van der Waals surface area contributed by atoms with E-state index in [1.54, 1.807) is 0 Å². The molecule has 0 saturated carbocycles. The molecule has 152 valence electrons. The summed E-state index contributed by atoms with van der Waals surface area (Å²) in [6, 6.07) is 21.1. The van der Waals surface area contributed by atoms with E-state index in [-0.39, 0.29) is 0 Å². The fraction of sp³-hybridized carbons (Fsp3) is 0.280. The predicted molar refractivity (Wildman–Crippen MR) is 121 cm³/mol. The van der Waals surface area contributed by atoms with Crippen molar-refractivity contribution in [3.05, 3.63) is 72.4 Å². The molecule has 2 unspecified atom stereocenters. The molecule has 0 aliphatic carbocycles. The Kier molecular flexibility index (Phi) is 4.87. The van der Waals surface area contributed by atoms with Crippen molar-refractivity contribution in [3.63, 3.8) is 0 Å². The number of furan rings is 1. The number of aromatic nitrogens is 2. The van der Waals surface area contributed by atoms with Gasteiger partial charge in [-0.3, -0.25) is 5.01 Å². The number of hydrogen-bond donors (Lipinski definition) is 0. The van der Waals surface area contributed by atoms with E-state index in [4.69, 9.17) is 14.6 Å². The minimum absolute atomic E-state index is 0.448. The molecule has 5 rings (SSSR count). The van der Waals surface area contributed by atoms with E-state index in [2.05, 4.69) is 31.0 Å². The Bertz CT molecular complexity index is 1130. The van der Waals surface area contributed by atoms with Gasteiger partial charge in [0, 0.05) is 29.2 Å². The minimum Gasteiger partial charge on any atom is -0.454 e. The first-order valence-corrected chi connectivity index (χ1v) is 10.7. The van der Waals surface area contributed by atoms with Crippen LogP contribution in [0.2, 0.25) is 0 Å². The Morgan fingerprint density at radius 1 is 1.00 bits per heavy atom. The second-order valence-corrected chi connectivity index (χ2v) is 8.12. The molecule has 5 nitrogen and oxygen atoms in total. The third-order valence-electron chi connectivity index (χ3n) is 5.90. The molecule has 2 aromatic heterocycles. The van der Waals surface area contributed by atoms with Crippen LogP contribution in [0.1, 0.15) is 38.7 Å². The zero-order valence-corrected chi connectivity index (χ0v) is 17.4. The Morgan fingerprint density at radius 2 is 1.73 bits per heavy atom.